The maximum absolute atomic E-state index is 12.3. The van der Waals surface area contributed by atoms with Gasteiger partial charge in [-0.05, 0) is 38.6 Å². The first-order valence-electron chi connectivity index (χ1n) is 7.67. The molecule has 2 N–H and O–H groups in total. The van der Waals surface area contributed by atoms with Crippen LogP contribution in [-0.4, -0.2) is 65.2 Å². The molecule has 6 nitrogen and oxygen atoms in total. The number of hydrogen-bond acceptors (Lipinski definition) is 3. The molecular weight excluding hydrogens is 258 g/mol. The van der Waals surface area contributed by atoms with Gasteiger partial charge in [0.05, 0.1) is 5.92 Å². The molecule has 0 spiro atoms. The van der Waals surface area contributed by atoms with E-state index in [2.05, 4.69) is 10.2 Å². The molecule has 3 aliphatic rings. The molecule has 0 aromatic heterocycles. The number of carboxylic acid groups (broad SMARTS) is 1. The largest absolute Gasteiger partial charge is 0.481 e. The van der Waals surface area contributed by atoms with E-state index in [1.165, 1.54) is 12.8 Å². The quantitative estimate of drug-likeness (QED) is 0.782. The van der Waals surface area contributed by atoms with E-state index in [1.54, 1.807) is 4.90 Å². The van der Waals surface area contributed by atoms with E-state index < -0.39 is 11.9 Å². The van der Waals surface area contributed by atoms with Gasteiger partial charge in [-0.1, -0.05) is 0 Å². The number of likely N-dealkylation sites (tertiary alicyclic amines) is 1. The van der Waals surface area contributed by atoms with Crippen molar-refractivity contribution in [1.29, 1.82) is 0 Å². The van der Waals surface area contributed by atoms with Gasteiger partial charge in [0.2, 0.25) is 0 Å². The molecule has 3 fully saturated rings. The number of carbonyl (C=O) groups excluding carboxylic acids is 1. The molecule has 20 heavy (non-hydrogen) atoms. The smallest absolute Gasteiger partial charge is 0.317 e. The van der Waals surface area contributed by atoms with Crippen molar-refractivity contribution >= 4 is 12.0 Å². The Bertz CT molecular complexity index is 401. The van der Waals surface area contributed by atoms with Crippen LogP contribution in [0.4, 0.5) is 4.79 Å². The SMILES string of the molecule is O=C(O)[C@@H]1CCCN(C(=O)NC2CCN3CCCC23)C1. The molecule has 112 valence electrons. The summed E-state index contributed by atoms with van der Waals surface area (Å²) in [4.78, 5) is 27.5. The average molecular weight is 281 g/mol. The van der Waals surface area contributed by atoms with E-state index in [0.717, 1.165) is 25.9 Å². The maximum Gasteiger partial charge on any atom is 0.317 e. The highest BCUT2D eigenvalue weighted by Gasteiger charge is 2.39. The first kappa shape index (κ1) is 13.7. The van der Waals surface area contributed by atoms with E-state index in [4.69, 9.17) is 5.11 Å². The molecule has 0 radical (unpaired) electrons. The molecule has 0 aliphatic carbocycles. The lowest BCUT2D eigenvalue weighted by molar-refractivity contribution is -0.143. The van der Waals surface area contributed by atoms with Gasteiger partial charge in [0.25, 0.3) is 0 Å². The van der Waals surface area contributed by atoms with Crippen LogP contribution in [0.3, 0.4) is 0 Å². The molecule has 0 aromatic rings. The number of aliphatic carboxylic acids is 1. The van der Waals surface area contributed by atoms with Crippen molar-refractivity contribution in [3.05, 3.63) is 0 Å². The van der Waals surface area contributed by atoms with Crippen LogP contribution in [0.5, 0.6) is 0 Å². The summed E-state index contributed by atoms with van der Waals surface area (Å²) in [6.45, 7) is 3.26. The van der Waals surface area contributed by atoms with Gasteiger partial charge in [0.15, 0.2) is 0 Å². The number of nitrogens with zero attached hydrogens (tertiary/aromatic N) is 2. The highest BCUT2D eigenvalue weighted by molar-refractivity contribution is 5.77. The Balaban J connectivity index is 1.55. The molecule has 3 heterocycles. The zero-order valence-electron chi connectivity index (χ0n) is 11.8. The summed E-state index contributed by atoms with van der Waals surface area (Å²) in [5.74, 6) is -1.19. The summed E-state index contributed by atoms with van der Waals surface area (Å²) >= 11 is 0. The van der Waals surface area contributed by atoms with Gasteiger partial charge in [0.1, 0.15) is 0 Å². The Hall–Kier alpha value is -1.30. The number of rotatable bonds is 2. The summed E-state index contributed by atoms with van der Waals surface area (Å²) < 4.78 is 0. The fourth-order valence-electron chi connectivity index (χ4n) is 3.86. The molecule has 3 saturated heterocycles. The lowest BCUT2D eigenvalue weighted by Gasteiger charge is -2.32. The number of carboxylic acids is 1. The van der Waals surface area contributed by atoms with Crippen LogP contribution in [0.25, 0.3) is 0 Å². The molecule has 2 unspecified atom stereocenters. The zero-order chi connectivity index (χ0) is 14.1. The van der Waals surface area contributed by atoms with Gasteiger partial charge in [-0.3, -0.25) is 9.69 Å². The Morgan fingerprint density at radius 3 is 2.65 bits per heavy atom. The first-order valence-corrected chi connectivity index (χ1v) is 7.67. The third kappa shape index (κ3) is 2.61. The van der Waals surface area contributed by atoms with Crippen molar-refractivity contribution in [2.75, 3.05) is 26.2 Å². The topological polar surface area (TPSA) is 72.9 Å². The van der Waals surface area contributed by atoms with E-state index in [9.17, 15) is 9.59 Å². The van der Waals surface area contributed by atoms with Gasteiger partial charge in [-0.2, -0.15) is 0 Å². The number of carbonyl (C=O) groups is 2. The number of piperidine rings is 1. The Morgan fingerprint density at radius 2 is 1.85 bits per heavy atom. The number of hydrogen-bond donors (Lipinski definition) is 2. The van der Waals surface area contributed by atoms with Crippen LogP contribution in [0.15, 0.2) is 0 Å². The predicted molar refractivity (Wildman–Crippen MR) is 73.5 cm³/mol. The molecule has 2 amide bonds. The number of amides is 2. The van der Waals surface area contributed by atoms with Crippen LogP contribution in [0, 0.1) is 5.92 Å². The minimum atomic E-state index is -0.787. The normalized spacial score (nSPS) is 34.0. The van der Waals surface area contributed by atoms with Crippen LogP contribution >= 0.6 is 0 Å². The van der Waals surface area contributed by atoms with Crippen LogP contribution in [-0.2, 0) is 4.79 Å². The van der Waals surface area contributed by atoms with Gasteiger partial charge < -0.3 is 15.3 Å². The van der Waals surface area contributed by atoms with Crippen molar-refractivity contribution < 1.29 is 14.7 Å². The summed E-state index contributed by atoms with van der Waals surface area (Å²) in [6.07, 6.45) is 4.88. The number of fused-ring (bicyclic) bond motifs is 1. The third-order valence-corrected chi connectivity index (χ3v) is 4.97. The van der Waals surface area contributed by atoms with Crippen molar-refractivity contribution in [3.8, 4) is 0 Å². The second kappa shape index (κ2) is 5.60. The fraction of sp³-hybridized carbons (Fsp3) is 0.857. The van der Waals surface area contributed by atoms with E-state index >= 15 is 0 Å². The fourth-order valence-corrected chi connectivity index (χ4v) is 3.86. The summed E-state index contributed by atoms with van der Waals surface area (Å²) in [5, 5.41) is 12.2. The first-order chi connectivity index (χ1) is 9.65. The van der Waals surface area contributed by atoms with Gasteiger partial charge in [0, 0.05) is 31.7 Å². The second-order valence-corrected chi connectivity index (χ2v) is 6.21. The third-order valence-electron chi connectivity index (χ3n) is 4.97. The van der Waals surface area contributed by atoms with Crippen molar-refractivity contribution in [2.45, 2.75) is 44.2 Å². The van der Waals surface area contributed by atoms with Crippen molar-refractivity contribution in [1.82, 2.24) is 15.1 Å². The van der Waals surface area contributed by atoms with E-state index in [1.807, 2.05) is 0 Å². The average Bonchev–Trinajstić information content (AvgIpc) is 3.04. The molecular formula is C14H23N3O3. The highest BCUT2D eigenvalue weighted by atomic mass is 16.4. The minimum Gasteiger partial charge on any atom is -0.481 e. The molecule has 0 bridgehead atoms. The van der Waals surface area contributed by atoms with Crippen LogP contribution in [0.2, 0.25) is 0 Å². The molecule has 3 atom stereocenters. The molecule has 0 saturated carbocycles. The Morgan fingerprint density at radius 1 is 1.05 bits per heavy atom. The van der Waals surface area contributed by atoms with Gasteiger partial charge >= 0.3 is 12.0 Å². The Kier molecular flexibility index (Phi) is 3.83. The molecule has 3 aliphatic heterocycles. The van der Waals surface area contributed by atoms with E-state index in [0.29, 0.717) is 25.6 Å². The monoisotopic (exact) mass is 281 g/mol. The second-order valence-electron chi connectivity index (χ2n) is 6.21. The number of urea groups is 1. The number of nitrogens with one attached hydrogen (secondary N) is 1. The van der Waals surface area contributed by atoms with Crippen LogP contribution < -0.4 is 5.32 Å². The highest BCUT2D eigenvalue weighted by Crippen LogP contribution is 2.28. The lowest BCUT2D eigenvalue weighted by Crippen LogP contribution is -2.51. The van der Waals surface area contributed by atoms with Crippen molar-refractivity contribution in [2.24, 2.45) is 5.92 Å². The molecule has 0 aromatic carbocycles. The minimum absolute atomic E-state index is 0.0744. The zero-order valence-corrected chi connectivity index (χ0v) is 11.8. The van der Waals surface area contributed by atoms with E-state index in [-0.39, 0.29) is 12.1 Å². The lowest BCUT2D eigenvalue weighted by atomic mass is 9.98. The molecule has 6 heteroatoms. The standard InChI is InChI=1S/C14H23N3O3/c18-13(19)10-3-1-7-17(9-10)14(20)15-11-5-8-16-6-2-4-12(11)16/h10-12H,1-9H2,(H,15,20)(H,18,19)/t10-,11?,12?/m1/s1. The maximum atomic E-state index is 12.3. The molecule has 3 rings (SSSR count). The predicted octanol–water partition coefficient (Wildman–Crippen LogP) is 0.729. The van der Waals surface area contributed by atoms with Gasteiger partial charge in [-0.15, -0.1) is 0 Å². The summed E-state index contributed by atoms with van der Waals surface area (Å²) in [5.41, 5.74) is 0. The van der Waals surface area contributed by atoms with Crippen molar-refractivity contribution in [3.63, 3.8) is 0 Å². The van der Waals surface area contributed by atoms with Gasteiger partial charge in [-0.25, -0.2) is 4.79 Å². The Labute approximate surface area is 119 Å². The van der Waals surface area contributed by atoms with Crippen LogP contribution in [0.1, 0.15) is 32.1 Å². The summed E-state index contributed by atoms with van der Waals surface area (Å²) in [6, 6.07) is 0.670. The summed E-state index contributed by atoms with van der Waals surface area (Å²) in [7, 11) is 0.